The number of hydrogen-bond acceptors (Lipinski definition) is 4. The number of hydrogen-bond donors (Lipinski definition) is 2. The van der Waals surface area contributed by atoms with Crippen molar-refractivity contribution in [3.8, 4) is 5.75 Å². The maximum absolute atomic E-state index is 11.8. The molecule has 2 rings (SSSR count). The third-order valence-electron chi connectivity index (χ3n) is 3.55. The number of carbonyl (C=O) groups is 2. The molecule has 0 bridgehead atoms. The van der Waals surface area contributed by atoms with Crippen LogP contribution in [-0.2, 0) is 15.3 Å². The third-order valence-corrected chi connectivity index (χ3v) is 4.90. The zero-order valence-corrected chi connectivity index (χ0v) is 16.2. The lowest BCUT2D eigenvalue weighted by molar-refractivity contribution is -0.128. The van der Waals surface area contributed by atoms with Crippen LogP contribution < -0.4 is 15.6 Å². The Balaban J connectivity index is 1.67. The normalized spacial score (nSPS) is 10.3. The number of aryl methyl sites for hydroxylation is 2. The van der Waals surface area contributed by atoms with Crippen molar-refractivity contribution in [2.24, 2.45) is 0 Å². The Morgan fingerprint density at radius 3 is 2.35 bits per heavy atom. The molecular weight excluding hydrogens is 372 g/mol. The van der Waals surface area contributed by atoms with Crippen LogP contribution in [-0.4, -0.2) is 24.2 Å². The fraction of sp³-hybridized carbons (Fsp3) is 0.263. The number of carbonyl (C=O) groups excluding carboxylic acids is 2. The first-order valence-electron chi connectivity index (χ1n) is 8.05. The monoisotopic (exact) mass is 392 g/mol. The van der Waals surface area contributed by atoms with Crippen molar-refractivity contribution in [2.75, 3.05) is 12.4 Å². The first-order chi connectivity index (χ1) is 12.5. The molecular formula is C19H21ClN2O3S. The Morgan fingerprint density at radius 1 is 1.00 bits per heavy atom. The van der Waals surface area contributed by atoms with Gasteiger partial charge in [-0.05, 0) is 36.6 Å². The standard InChI is InChI=1S/C19H21ClN2O3S/c1-13-6-5-7-14(2)19(13)25-10-17(23)21-22-18(24)12-26-11-15-8-3-4-9-16(15)20/h3-9H,10-12H2,1-2H3,(H,21,23)(H,22,24). The van der Waals surface area contributed by atoms with Crippen LogP contribution in [0.1, 0.15) is 16.7 Å². The van der Waals surface area contributed by atoms with Crippen molar-refractivity contribution in [2.45, 2.75) is 19.6 Å². The van der Waals surface area contributed by atoms with Crippen LogP contribution in [0.25, 0.3) is 0 Å². The van der Waals surface area contributed by atoms with Gasteiger partial charge >= 0.3 is 0 Å². The Kier molecular flexibility index (Phi) is 7.81. The van der Waals surface area contributed by atoms with Crippen molar-refractivity contribution in [1.82, 2.24) is 10.9 Å². The molecule has 0 saturated heterocycles. The molecule has 0 heterocycles. The van der Waals surface area contributed by atoms with Crippen LogP contribution in [0.4, 0.5) is 0 Å². The highest BCUT2D eigenvalue weighted by Gasteiger charge is 2.09. The van der Waals surface area contributed by atoms with Crippen molar-refractivity contribution < 1.29 is 14.3 Å². The molecule has 0 saturated carbocycles. The lowest BCUT2D eigenvalue weighted by Gasteiger charge is -2.12. The van der Waals surface area contributed by atoms with Gasteiger partial charge in [-0.2, -0.15) is 0 Å². The first-order valence-corrected chi connectivity index (χ1v) is 9.58. The van der Waals surface area contributed by atoms with Gasteiger partial charge in [-0.15, -0.1) is 11.8 Å². The van der Waals surface area contributed by atoms with Gasteiger partial charge in [0, 0.05) is 10.8 Å². The summed E-state index contributed by atoms with van der Waals surface area (Å²) < 4.78 is 5.53. The number of halogens is 1. The highest BCUT2D eigenvalue weighted by atomic mass is 35.5. The van der Waals surface area contributed by atoms with Crippen LogP contribution in [0.2, 0.25) is 5.02 Å². The van der Waals surface area contributed by atoms with Gasteiger partial charge in [-0.25, -0.2) is 0 Å². The van der Waals surface area contributed by atoms with E-state index in [2.05, 4.69) is 10.9 Å². The summed E-state index contributed by atoms with van der Waals surface area (Å²) in [6.07, 6.45) is 0. The first kappa shape index (κ1) is 20.1. The highest BCUT2D eigenvalue weighted by molar-refractivity contribution is 7.99. The Hall–Kier alpha value is -2.18. The number of benzene rings is 2. The van der Waals surface area contributed by atoms with E-state index in [0.29, 0.717) is 16.5 Å². The summed E-state index contributed by atoms with van der Waals surface area (Å²) in [6.45, 7) is 3.66. The van der Waals surface area contributed by atoms with Crippen LogP contribution in [0.5, 0.6) is 5.75 Å². The Morgan fingerprint density at radius 2 is 1.65 bits per heavy atom. The topological polar surface area (TPSA) is 67.4 Å². The predicted octanol–water partition coefficient (Wildman–Crippen LogP) is 3.42. The molecule has 0 spiro atoms. The Labute approximate surface area is 162 Å². The predicted molar refractivity (Wildman–Crippen MR) is 105 cm³/mol. The zero-order valence-electron chi connectivity index (χ0n) is 14.7. The number of amides is 2. The molecule has 0 aliphatic carbocycles. The van der Waals surface area contributed by atoms with Crippen molar-refractivity contribution in [3.05, 3.63) is 64.2 Å². The van der Waals surface area contributed by atoms with E-state index in [1.807, 2.05) is 56.3 Å². The fourth-order valence-corrected chi connectivity index (χ4v) is 3.36. The van der Waals surface area contributed by atoms with Gasteiger partial charge in [0.2, 0.25) is 5.91 Å². The fourth-order valence-electron chi connectivity index (χ4n) is 2.25. The summed E-state index contributed by atoms with van der Waals surface area (Å²) in [7, 11) is 0. The van der Waals surface area contributed by atoms with E-state index in [1.165, 1.54) is 11.8 Å². The average molecular weight is 393 g/mol. The summed E-state index contributed by atoms with van der Waals surface area (Å²) in [5.74, 6) is 0.809. The molecule has 5 nitrogen and oxygen atoms in total. The van der Waals surface area contributed by atoms with Crippen LogP contribution in [0.15, 0.2) is 42.5 Å². The zero-order chi connectivity index (χ0) is 18.9. The molecule has 138 valence electrons. The number of thioether (sulfide) groups is 1. The van der Waals surface area contributed by atoms with E-state index in [4.69, 9.17) is 16.3 Å². The smallest absolute Gasteiger partial charge is 0.276 e. The van der Waals surface area contributed by atoms with E-state index in [0.717, 1.165) is 16.7 Å². The summed E-state index contributed by atoms with van der Waals surface area (Å²) >= 11 is 7.48. The second kappa shape index (κ2) is 10.1. The minimum absolute atomic E-state index is 0.168. The number of para-hydroxylation sites is 1. The lowest BCUT2D eigenvalue weighted by Crippen LogP contribution is -2.44. The van der Waals surface area contributed by atoms with Crippen LogP contribution in [0.3, 0.4) is 0 Å². The number of ether oxygens (including phenoxy) is 1. The summed E-state index contributed by atoms with van der Waals surface area (Å²) in [4.78, 5) is 23.6. The quantitative estimate of drug-likeness (QED) is 0.708. The van der Waals surface area contributed by atoms with Crippen LogP contribution >= 0.6 is 23.4 Å². The molecule has 0 fully saturated rings. The average Bonchev–Trinajstić information content (AvgIpc) is 2.61. The van der Waals surface area contributed by atoms with Gasteiger partial charge in [0.25, 0.3) is 5.91 Å². The van der Waals surface area contributed by atoms with E-state index in [9.17, 15) is 9.59 Å². The maximum Gasteiger partial charge on any atom is 0.276 e. The van der Waals surface area contributed by atoms with Crippen molar-refractivity contribution >= 4 is 35.2 Å². The molecule has 0 aliphatic rings. The van der Waals surface area contributed by atoms with E-state index in [1.54, 1.807) is 0 Å². The maximum atomic E-state index is 11.8. The van der Waals surface area contributed by atoms with Crippen molar-refractivity contribution in [3.63, 3.8) is 0 Å². The van der Waals surface area contributed by atoms with Gasteiger partial charge in [0.05, 0.1) is 5.75 Å². The molecule has 2 N–H and O–H groups in total. The number of nitrogens with one attached hydrogen (secondary N) is 2. The highest BCUT2D eigenvalue weighted by Crippen LogP contribution is 2.22. The second-order valence-corrected chi connectivity index (χ2v) is 7.08. The summed E-state index contributed by atoms with van der Waals surface area (Å²) in [5.41, 5.74) is 7.61. The molecule has 0 atom stereocenters. The lowest BCUT2D eigenvalue weighted by atomic mass is 10.1. The molecule has 26 heavy (non-hydrogen) atoms. The second-order valence-electron chi connectivity index (χ2n) is 5.69. The summed E-state index contributed by atoms with van der Waals surface area (Å²) in [6, 6.07) is 13.2. The molecule has 0 radical (unpaired) electrons. The molecule has 7 heteroatoms. The minimum Gasteiger partial charge on any atom is -0.483 e. The van der Waals surface area contributed by atoms with Crippen LogP contribution in [0, 0.1) is 13.8 Å². The molecule has 0 aliphatic heterocycles. The molecule has 0 unspecified atom stereocenters. The van der Waals surface area contributed by atoms with Crippen molar-refractivity contribution in [1.29, 1.82) is 0 Å². The van der Waals surface area contributed by atoms with Gasteiger partial charge < -0.3 is 4.74 Å². The van der Waals surface area contributed by atoms with Gasteiger partial charge in [-0.3, -0.25) is 20.4 Å². The number of hydrazine groups is 1. The van der Waals surface area contributed by atoms with Gasteiger partial charge in [-0.1, -0.05) is 48.0 Å². The van der Waals surface area contributed by atoms with E-state index >= 15 is 0 Å². The molecule has 0 aromatic heterocycles. The van der Waals surface area contributed by atoms with E-state index in [-0.39, 0.29) is 18.3 Å². The van der Waals surface area contributed by atoms with Gasteiger partial charge in [0.1, 0.15) is 5.75 Å². The SMILES string of the molecule is Cc1cccc(C)c1OCC(=O)NNC(=O)CSCc1ccccc1Cl. The van der Waals surface area contributed by atoms with E-state index < -0.39 is 5.91 Å². The summed E-state index contributed by atoms with van der Waals surface area (Å²) in [5, 5.41) is 0.678. The Bertz CT molecular complexity index is 763. The largest absolute Gasteiger partial charge is 0.483 e. The number of rotatable bonds is 7. The van der Waals surface area contributed by atoms with Gasteiger partial charge in [0.15, 0.2) is 6.61 Å². The molecule has 2 aromatic rings. The third kappa shape index (κ3) is 6.28. The molecule has 2 amide bonds. The molecule has 2 aromatic carbocycles. The minimum atomic E-state index is -0.419.